The second-order valence-electron chi connectivity index (χ2n) is 6.25. The predicted octanol–water partition coefficient (Wildman–Crippen LogP) is 5.59. The Balaban J connectivity index is 1.76. The van der Waals surface area contributed by atoms with Crippen LogP contribution in [-0.2, 0) is 6.54 Å². The molecular weight excluding hydrogens is 406 g/mol. The zero-order valence-corrected chi connectivity index (χ0v) is 17.3. The lowest BCUT2D eigenvalue weighted by Gasteiger charge is -2.20. The van der Waals surface area contributed by atoms with E-state index in [1.54, 1.807) is 35.4 Å². The molecule has 0 radical (unpaired) electrons. The maximum absolute atomic E-state index is 13.4. The average molecular weight is 424 g/mol. The van der Waals surface area contributed by atoms with Crippen LogP contribution >= 0.6 is 22.9 Å². The number of thiazole rings is 1. The van der Waals surface area contributed by atoms with Crippen LogP contribution in [0.15, 0.2) is 66.9 Å². The summed E-state index contributed by atoms with van der Waals surface area (Å²) >= 11 is 7.73. The highest BCUT2D eigenvalue weighted by molar-refractivity contribution is 7.22. The number of nitrogens with zero attached hydrogens (tertiary/aromatic N) is 3. The molecule has 0 unspecified atom stereocenters. The summed E-state index contributed by atoms with van der Waals surface area (Å²) in [6.07, 6.45) is 1.71. The third kappa shape index (κ3) is 4.23. The molecule has 2 heterocycles. The first-order chi connectivity index (χ1) is 14.2. The van der Waals surface area contributed by atoms with E-state index in [2.05, 4.69) is 9.97 Å². The molecule has 146 valence electrons. The van der Waals surface area contributed by atoms with Crippen LogP contribution in [0.25, 0.3) is 10.2 Å². The zero-order valence-electron chi connectivity index (χ0n) is 15.7. The van der Waals surface area contributed by atoms with Crippen molar-refractivity contribution in [3.8, 4) is 5.75 Å². The van der Waals surface area contributed by atoms with Gasteiger partial charge in [-0.2, -0.15) is 0 Å². The SMILES string of the molecule is CCOc1ccc2nc(N(Cc3ccccn3)C(=O)c3ccccc3Cl)sc2c1. The minimum Gasteiger partial charge on any atom is -0.494 e. The number of halogens is 1. The van der Waals surface area contributed by atoms with Crippen LogP contribution in [0.1, 0.15) is 23.0 Å². The normalized spacial score (nSPS) is 10.8. The fourth-order valence-corrected chi connectivity index (χ4v) is 4.13. The van der Waals surface area contributed by atoms with Gasteiger partial charge < -0.3 is 4.74 Å². The number of rotatable bonds is 6. The highest BCUT2D eigenvalue weighted by atomic mass is 35.5. The van der Waals surface area contributed by atoms with Gasteiger partial charge in [-0.1, -0.05) is 41.1 Å². The molecule has 0 saturated heterocycles. The van der Waals surface area contributed by atoms with Crippen molar-refractivity contribution in [2.75, 3.05) is 11.5 Å². The molecule has 0 aliphatic carbocycles. The molecule has 7 heteroatoms. The van der Waals surface area contributed by atoms with Crippen molar-refractivity contribution in [1.82, 2.24) is 9.97 Å². The summed E-state index contributed by atoms with van der Waals surface area (Å²) in [7, 11) is 0. The molecule has 0 fully saturated rings. The van der Waals surface area contributed by atoms with Gasteiger partial charge in [0, 0.05) is 6.20 Å². The van der Waals surface area contributed by atoms with Gasteiger partial charge in [-0.15, -0.1) is 0 Å². The second kappa shape index (κ2) is 8.59. The molecule has 0 N–H and O–H groups in total. The van der Waals surface area contributed by atoms with Gasteiger partial charge in [0.05, 0.1) is 39.6 Å². The highest BCUT2D eigenvalue weighted by Gasteiger charge is 2.24. The molecule has 2 aromatic heterocycles. The first kappa shape index (κ1) is 19.4. The molecular formula is C22H18ClN3O2S. The summed E-state index contributed by atoms with van der Waals surface area (Å²) in [6.45, 7) is 2.83. The molecule has 2 aromatic carbocycles. The number of carbonyl (C=O) groups excluding carboxylic acids is 1. The number of benzene rings is 2. The second-order valence-corrected chi connectivity index (χ2v) is 7.67. The van der Waals surface area contributed by atoms with Gasteiger partial charge in [0.15, 0.2) is 5.13 Å². The maximum atomic E-state index is 13.4. The van der Waals surface area contributed by atoms with Crippen LogP contribution in [-0.4, -0.2) is 22.5 Å². The maximum Gasteiger partial charge on any atom is 0.261 e. The number of fused-ring (bicyclic) bond motifs is 1. The lowest BCUT2D eigenvalue weighted by atomic mass is 10.2. The Hall–Kier alpha value is -2.96. The summed E-state index contributed by atoms with van der Waals surface area (Å²) in [6, 6.07) is 18.4. The van der Waals surface area contributed by atoms with Gasteiger partial charge >= 0.3 is 0 Å². The summed E-state index contributed by atoms with van der Waals surface area (Å²) in [5.74, 6) is 0.564. The van der Waals surface area contributed by atoms with Crippen molar-refractivity contribution >= 4 is 44.2 Å². The fraction of sp³-hybridized carbons (Fsp3) is 0.136. The lowest BCUT2D eigenvalue weighted by Crippen LogP contribution is -2.30. The molecule has 0 bridgehead atoms. The van der Waals surface area contributed by atoms with E-state index >= 15 is 0 Å². The van der Waals surface area contributed by atoms with E-state index in [-0.39, 0.29) is 5.91 Å². The number of hydrogen-bond donors (Lipinski definition) is 0. The number of ether oxygens (including phenoxy) is 1. The molecule has 4 rings (SSSR count). The number of carbonyl (C=O) groups is 1. The summed E-state index contributed by atoms with van der Waals surface area (Å²) in [5, 5.41) is 0.993. The fourth-order valence-electron chi connectivity index (χ4n) is 2.92. The largest absolute Gasteiger partial charge is 0.494 e. The van der Waals surface area contributed by atoms with Crippen molar-refractivity contribution in [2.45, 2.75) is 13.5 Å². The Morgan fingerprint density at radius 1 is 1.14 bits per heavy atom. The molecule has 5 nitrogen and oxygen atoms in total. The van der Waals surface area contributed by atoms with Crippen LogP contribution in [0, 0.1) is 0 Å². The summed E-state index contributed by atoms with van der Waals surface area (Å²) in [5.41, 5.74) is 2.01. The van der Waals surface area contributed by atoms with Crippen molar-refractivity contribution in [3.05, 3.63) is 83.1 Å². The monoisotopic (exact) mass is 423 g/mol. The van der Waals surface area contributed by atoms with Gasteiger partial charge in [-0.25, -0.2) is 4.98 Å². The highest BCUT2D eigenvalue weighted by Crippen LogP contribution is 2.33. The van der Waals surface area contributed by atoms with Gasteiger partial charge in [-0.05, 0) is 49.4 Å². The predicted molar refractivity (Wildman–Crippen MR) is 117 cm³/mol. The molecule has 0 aliphatic heterocycles. The molecule has 0 spiro atoms. The third-order valence-corrected chi connectivity index (χ3v) is 5.66. The van der Waals surface area contributed by atoms with E-state index in [0.717, 1.165) is 21.7 Å². The summed E-state index contributed by atoms with van der Waals surface area (Å²) in [4.78, 5) is 24.0. The van der Waals surface area contributed by atoms with E-state index in [1.807, 2.05) is 43.3 Å². The minimum absolute atomic E-state index is 0.217. The molecule has 29 heavy (non-hydrogen) atoms. The number of pyridine rings is 1. The molecule has 0 atom stereocenters. The first-order valence-corrected chi connectivity index (χ1v) is 10.3. The average Bonchev–Trinajstić information content (AvgIpc) is 3.16. The minimum atomic E-state index is -0.217. The topological polar surface area (TPSA) is 55.3 Å². The van der Waals surface area contributed by atoms with E-state index in [1.165, 1.54) is 11.3 Å². The van der Waals surface area contributed by atoms with Gasteiger partial charge in [0.2, 0.25) is 0 Å². The number of amides is 1. The van der Waals surface area contributed by atoms with E-state index in [0.29, 0.717) is 28.9 Å². The van der Waals surface area contributed by atoms with Crippen molar-refractivity contribution in [1.29, 1.82) is 0 Å². The molecule has 4 aromatic rings. The molecule has 0 saturated carbocycles. The molecule has 1 amide bonds. The Morgan fingerprint density at radius 2 is 1.97 bits per heavy atom. The zero-order chi connectivity index (χ0) is 20.2. The van der Waals surface area contributed by atoms with E-state index in [9.17, 15) is 4.79 Å². The summed E-state index contributed by atoms with van der Waals surface area (Å²) < 4.78 is 6.53. The van der Waals surface area contributed by atoms with Crippen molar-refractivity contribution in [2.24, 2.45) is 0 Å². The number of anilines is 1. The van der Waals surface area contributed by atoms with Gasteiger partial charge in [0.1, 0.15) is 5.75 Å². The lowest BCUT2D eigenvalue weighted by molar-refractivity contribution is 0.0985. The third-order valence-electron chi connectivity index (χ3n) is 4.29. The van der Waals surface area contributed by atoms with Crippen molar-refractivity contribution < 1.29 is 9.53 Å². The van der Waals surface area contributed by atoms with E-state index < -0.39 is 0 Å². The first-order valence-electron chi connectivity index (χ1n) is 9.15. The molecule has 0 aliphatic rings. The van der Waals surface area contributed by atoms with Gasteiger partial charge in [0.25, 0.3) is 5.91 Å². The van der Waals surface area contributed by atoms with Crippen LogP contribution in [0.3, 0.4) is 0 Å². The van der Waals surface area contributed by atoms with Crippen LogP contribution in [0.2, 0.25) is 5.02 Å². The number of aromatic nitrogens is 2. The Labute approximate surface area is 177 Å². The Bertz CT molecular complexity index is 1150. The standard InChI is InChI=1S/C22H18ClN3O2S/c1-2-28-16-10-11-19-20(13-16)29-22(25-19)26(14-15-7-5-6-12-24-15)21(27)17-8-3-4-9-18(17)23/h3-13H,2,14H2,1H3. The quantitative estimate of drug-likeness (QED) is 0.405. The van der Waals surface area contributed by atoms with E-state index in [4.69, 9.17) is 16.3 Å². The van der Waals surface area contributed by atoms with Crippen LogP contribution in [0.4, 0.5) is 5.13 Å². The number of hydrogen-bond acceptors (Lipinski definition) is 5. The smallest absolute Gasteiger partial charge is 0.261 e. The van der Waals surface area contributed by atoms with Crippen LogP contribution < -0.4 is 9.64 Å². The van der Waals surface area contributed by atoms with Crippen molar-refractivity contribution in [3.63, 3.8) is 0 Å². The van der Waals surface area contributed by atoms with Gasteiger partial charge in [-0.3, -0.25) is 14.7 Å². The van der Waals surface area contributed by atoms with Crippen LogP contribution in [0.5, 0.6) is 5.75 Å². The Kier molecular flexibility index (Phi) is 5.74. The Morgan fingerprint density at radius 3 is 2.72 bits per heavy atom.